The zero-order valence-corrected chi connectivity index (χ0v) is 11.0. The van der Waals surface area contributed by atoms with Crippen LogP contribution in [0.2, 0.25) is 0 Å². The van der Waals surface area contributed by atoms with Crippen molar-refractivity contribution in [3.05, 3.63) is 0 Å². The molecule has 3 nitrogen and oxygen atoms in total. The normalized spacial score (nSPS) is 39.0. The molecule has 2 aliphatic carbocycles. The predicted molar refractivity (Wildman–Crippen MR) is 67.1 cm³/mol. The van der Waals surface area contributed by atoms with Crippen molar-refractivity contribution >= 4 is 0 Å². The first-order valence-electron chi connectivity index (χ1n) is 7.18. The van der Waals surface area contributed by atoms with Crippen LogP contribution in [0.25, 0.3) is 0 Å². The molecular weight excluding hydrogens is 214 g/mol. The van der Waals surface area contributed by atoms with Crippen LogP contribution < -0.4 is 0 Å². The van der Waals surface area contributed by atoms with Crippen LogP contribution in [0.3, 0.4) is 0 Å². The molecule has 0 unspecified atom stereocenters. The fraction of sp³-hybridized carbons (Fsp3) is 1.00. The summed E-state index contributed by atoms with van der Waals surface area (Å²) in [6, 6.07) is 0. The van der Waals surface area contributed by atoms with E-state index in [1.807, 2.05) is 7.11 Å². The quantitative estimate of drug-likeness (QED) is 0.748. The molecule has 1 saturated heterocycles. The SMILES string of the molecule is COC[C@@H]1CCC[C@@]12CN(CC1CC1)CCO2. The molecule has 3 fully saturated rings. The molecule has 17 heavy (non-hydrogen) atoms. The molecule has 2 atom stereocenters. The Labute approximate surface area is 104 Å². The highest BCUT2D eigenvalue weighted by Crippen LogP contribution is 2.42. The van der Waals surface area contributed by atoms with E-state index in [0.29, 0.717) is 5.92 Å². The van der Waals surface area contributed by atoms with E-state index in [1.165, 1.54) is 38.6 Å². The number of nitrogens with zero attached hydrogens (tertiary/aromatic N) is 1. The van der Waals surface area contributed by atoms with Gasteiger partial charge < -0.3 is 9.47 Å². The first-order chi connectivity index (χ1) is 8.32. The first kappa shape index (κ1) is 11.9. The molecule has 0 aromatic heterocycles. The van der Waals surface area contributed by atoms with Gasteiger partial charge in [0.25, 0.3) is 0 Å². The summed E-state index contributed by atoms with van der Waals surface area (Å²) in [6.45, 7) is 5.39. The molecule has 3 aliphatic rings. The first-order valence-corrected chi connectivity index (χ1v) is 7.18. The van der Waals surface area contributed by atoms with Gasteiger partial charge >= 0.3 is 0 Å². The zero-order chi connectivity index (χ0) is 11.7. The van der Waals surface area contributed by atoms with Gasteiger partial charge in [-0.25, -0.2) is 0 Å². The van der Waals surface area contributed by atoms with Gasteiger partial charge in [0, 0.05) is 32.7 Å². The van der Waals surface area contributed by atoms with E-state index >= 15 is 0 Å². The average molecular weight is 239 g/mol. The standard InChI is InChI=1S/C14H25NO2/c1-16-10-13-3-2-6-14(13)11-15(7-8-17-14)9-12-4-5-12/h12-13H,2-11H2,1H3/t13-,14+/m0/s1. The van der Waals surface area contributed by atoms with Crippen LogP contribution in [0, 0.1) is 11.8 Å². The van der Waals surface area contributed by atoms with E-state index in [9.17, 15) is 0 Å². The Morgan fingerprint density at radius 3 is 3.00 bits per heavy atom. The summed E-state index contributed by atoms with van der Waals surface area (Å²) >= 11 is 0. The van der Waals surface area contributed by atoms with Crippen molar-refractivity contribution in [1.29, 1.82) is 0 Å². The van der Waals surface area contributed by atoms with Gasteiger partial charge in [-0.1, -0.05) is 6.42 Å². The monoisotopic (exact) mass is 239 g/mol. The fourth-order valence-corrected chi connectivity index (χ4v) is 3.65. The van der Waals surface area contributed by atoms with E-state index in [1.54, 1.807) is 0 Å². The molecule has 1 aliphatic heterocycles. The highest BCUT2D eigenvalue weighted by atomic mass is 16.5. The van der Waals surface area contributed by atoms with E-state index in [4.69, 9.17) is 9.47 Å². The third kappa shape index (κ3) is 2.51. The molecule has 0 aromatic carbocycles. The molecule has 3 heteroatoms. The molecule has 0 N–H and O–H groups in total. The van der Waals surface area contributed by atoms with Gasteiger partial charge in [0.05, 0.1) is 18.8 Å². The Kier molecular flexibility index (Phi) is 3.42. The molecule has 2 saturated carbocycles. The number of methoxy groups -OCH3 is 1. The van der Waals surface area contributed by atoms with Crippen molar-refractivity contribution in [2.45, 2.75) is 37.7 Å². The van der Waals surface area contributed by atoms with Crippen molar-refractivity contribution in [3.8, 4) is 0 Å². The second kappa shape index (κ2) is 4.87. The summed E-state index contributed by atoms with van der Waals surface area (Å²) in [7, 11) is 1.82. The average Bonchev–Trinajstić information content (AvgIpc) is 3.05. The molecular formula is C14H25NO2. The van der Waals surface area contributed by atoms with Crippen LogP contribution in [0.5, 0.6) is 0 Å². The molecule has 0 radical (unpaired) electrons. The second-order valence-electron chi connectivity index (χ2n) is 6.14. The summed E-state index contributed by atoms with van der Waals surface area (Å²) in [5.74, 6) is 1.61. The molecule has 3 rings (SSSR count). The highest BCUT2D eigenvalue weighted by molar-refractivity contribution is 4.99. The number of hydrogen-bond donors (Lipinski definition) is 0. The maximum atomic E-state index is 6.20. The van der Waals surface area contributed by atoms with Crippen LogP contribution in [-0.4, -0.2) is 50.5 Å². The second-order valence-corrected chi connectivity index (χ2v) is 6.14. The molecule has 0 amide bonds. The lowest BCUT2D eigenvalue weighted by molar-refractivity contribution is -0.140. The Morgan fingerprint density at radius 1 is 1.35 bits per heavy atom. The fourth-order valence-electron chi connectivity index (χ4n) is 3.65. The van der Waals surface area contributed by atoms with Crippen LogP contribution in [0.15, 0.2) is 0 Å². The van der Waals surface area contributed by atoms with E-state index in [2.05, 4.69) is 4.90 Å². The number of rotatable bonds is 4. The topological polar surface area (TPSA) is 21.7 Å². The summed E-state index contributed by atoms with van der Waals surface area (Å²) < 4.78 is 11.6. The van der Waals surface area contributed by atoms with Gasteiger partial charge in [-0.3, -0.25) is 4.90 Å². The number of hydrogen-bond acceptors (Lipinski definition) is 3. The minimum absolute atomic E-state index is 0.128. The van der Waals surface area contributed by atoms with Gasteiger partial charge in [0.1, 0.15) is 0 Å². The molecule has 1 heterocycles. The van der Waals surface area contributed by atoms with Gasteiger partial charge in [0.15, 0.2) is 0 Å². The van der Waals surface area contributed by atoms with Crippen molar-refractivity contribution in [2.24, 2.45) is 11.8 Å². The highest BCUT2D eigenvalue weighted by Gasteiger charge is 2.47. The summed E-state index contributed by atoms with van der Waals surface area (Å²) in [5.41, 5.74) is 0.128. The van der Waals surface area contributed by atoms with Crippen LogP contribution in [0.1, 0.15) is 32.1 Å². The third-order valence-corrected chi connectivity index (χ3v) is 4.77. The predicted octanol–water partition coefficient (Wildman–Crippen LogP) is 1.91. The van der Waals surface area contributed by atoms with Crippen LogP contribution >= 0.6 is 0 Å². The van der Waals surface area contributed by atoms with Gasteiger partial charge in [-0.15, -0.1) is 0 Å². The maximum Gasteiger partial charge on any atom is 0.0859 e. The number of ether oxygens (including phenoxy) is 2. The van der Waals surface area contributed by atoms with Crippen molar-refractivity contribution < 1.29 is 9.47 Å². The van der Waals surface area contributed by atoms with Crippen molar-refractivity contribution in [1.82, 2.24) is 4.90 Å². The zero-order valence-electron chi connectivity index (χ0n) is 11.0. The van der Waals surface area contributed by atoms with E-state index in [-0.39, 0.29) is 5.60 Å². The summed E-state index contributed by atoms with van der Waals surface area (Å²) in [6.07, 6.45) is 6.73. The summed E-state index contributed by atoms with van der Waals surface area (Å²) in [4.78, 5) is 2.65. The Bertz CT molecular complexity index is 267. The molecule has 1 spiro atoms. The van der Waals surface area contributed by atoms with Crippen molar-refractivity contribution in [2.75, 3.05) is 40.0 Å². The lowest BCUT2D eigenvalue weighted by atomic mass is 9.89. The molecule has 98 valence electrons. The lowest BCUT2D eigenvalue weighted by Crippen LogP contribution is -2.55. The third-order valence-electron chi connectivity index (χ3n) is 4.77. The number of morpholine rings is 1. The smallest absolute Gasteiger partial charge is 0.0859 e. The van der Waals surface area contributed by atoms with E-state index in [0.717, 1.165) is 32.2 Å². The van der Waals surface area contributed by atoms with Gasteiger partial charge in [-0.2, -0.15) is 0 Å². The molecule has 0 bridgehead atoms. The van der Waals surface area contributed by atoms with Gasteiger partial charge in [-0.05, 0) is 31.6 Å². The van der Waals surface area contributed by atoms with Gasteiger partial charge in [0.2, 0.25) is 0 Å². The minimum atomic E-state index is 0.128. The molecule has 0 aromatic rings. The lowest BCUT2D eigenvalue weighted by Gasteiger charge is -2.44. The Hall–Kier alpha value is -0.120. The van der Waals surface area contributed by atoms with E-state index < -0.39 is 0 Å². The maximum absolute atomic E-state index is 6.20. The Balaban J connectivity index is 1.63. The summed E-state index contributed by atoms with van der Waals surface area (Å²) in [5, 5.41) is 0. The van der Waals surface area contributed by atoms with Crippen molar-refractivity contribution in [3.63, 3.8) is 0 Å². The van der Waals surface area contributed by atoms with Crippen LogP contribution in [-0.2, 0) is 9.47 Å². The minimum Gasteiger partial charge on any atom is -0.384 e. The Morgan fingerprint density at radius 2 is 2.24 bits per heavy atom. The van der Waals surface area contributed by atoms with Crippen LogP contribution in [0.4, 0.5) is 0 Å². The largest absolute Gasteiger partial charge is 0.384 e.